The number of benzene rings is 1. The molecule has 0 N–H and O–H groups in total. The smallest absolute Gasteiger partial charge is 0.337 e. The number of carbonyl (C=O) groups is 1. The Kier molecular flexibility index (Phi) is 6.09. The molecule has 2 aliphatic heterocycles. The highest BCUT2D eigenvalue weighted by molar-refractivity contribution is 6.74. The van der Waals surface area contributed by atoms with Crippen LogP contribution in [0.3, 0.4) is 0 Å². The quantitative estimate of drug-likeness (QED) is 0.433. The van der Waals surface area contributed by atoms with Gasteiger partial charge in [-0.2, -0.15) is 0 Å². The van der Waals surface area contributed by atoms with Crippen molar-refractivity contribution in [2.24, 2.45) is 5.92 Å². The van der Waals surface area contributed by atoms with Crippen molar-refractivity contribution in [1.82, 2.24) is 4.90 Å². The number of hydrogen-bond donors (Lipinski definition) is 0. The fraction of sp³-hybridized carbons (Fsp3) is 0.560. The topological polar surface area (TPSA) is 38.8 Å². The van der Waals surface area contributed by atoms with Gasteiger partial charge < -0.3 is 14.1 Å². The van der Waals surface area contributed by atoms with Crippen molar-refractivity contribution in [3.63, 3.8) is 0 Å². The minimum absolute atomic E-state index is 0.0595. The molecule has 0 aliphatic carbocycles. The van der Waals surface area contributed by atoms with E-state index in [1.165, 1.54) is 5.56 Å². The summed E-state index contributed by atoms with van der Waals surface area (Å²) < 4.78 is 12.4. The van der Waals surface area contributed by atoms with Crippen LogP contribution >= 0.6 is 0 Å². The predicted molar refractivity (Wildman–Crippen MR) is 124 cm³/mol. The highest BCUT2D eigenvalue weighted by atomic mass is 28.4. The molecule has 0 saturated carbocycles. The Labute approximate surface area is 183 Å². The summed E-state index contributed by atoms with van der Waals surface area (Å²) in [5.74, 6) is -0.134. The van der Waals surface area contributed by atoms with E-state index in [0.29, 0.717) is 6.61 Å². The standard InChI is InChI=1S/C25H37NO3Si/c1-18-14-15-26(22-21(18)23(27)29-25(22,5)6)20(16-19-12-10-9-11-13-19)17-28-30(7,8)24(2,3)4/h9-15,18,20H,16-17H2,1-8H3/t18-,20+/m1/s1. The summed E-state index contributed by atoms with van der Waals surface area (Å²) in [6, 6.07) is 10.6. The molecule has 0 fully saturated rings. The van der Waals surface area contributed by atoms with Gasteiger partial charge >= 0.3 is 5.97 Å². The van der Waals surface area contributed by atoms with E-state index in [1.54, 1.807) is 0 Å². The number of carbonyl (C=O) groups excluding carboxylic acids is 1. The Hall–Kier alpha value is -1.85. The molecule has 3 rings (SSSR count). The van der Waals surface area contributed by atoms with Crippen molar-refractivity contribution in [3.05, 3.63) is 59.4 Å². The van der Waals surface area contributed by atoms with Crippen LogP contribution in [0.4, 0.5) is 0 Å². The molecule has 1 aromatic rings. The molecule has 2 aliphatic rings. The van der Waals surface area contributed by atoms with Crippen LogP contribution < -0.4 is 0 Å². The van der Waals surface area contributed by atoms with Crippen molar-refractivity contribution < 1.29 is 14.0 Å². The second-order valence-electron chi connectivity index (χ2n) is 10.6. The fourth-order valence-corrected chi connectivity index (χ4v) is 4.99. The number of nitrogens with zero attached hydrogens (tertiary/aromatic N) is 1. The molecule has 0 unspecified atom stereocenters. The van der Waals surface area contributed by atoms with Crippen LogP contribution in [-0.2, 0) is 20.4 Å². The Morgan fingerprint density at radius 1 is 1.20 bits per heavy atom. The zero-order valence-corrected chi connectivity index (χ0v) is 20.8. The maximum absolute atomic E-state index is 12.6. The average Bonchev–Trinajstić information content (AvgIpc) is 2.89. The minimum Gasteiger partial charge on any atom is -0.450 e. The summed E-state index contributed by atoms with van der Waals surface area (Å²) in [6.45, 7) is 18.0. The van der Waals surface area contributed by atoms with E-state index in [4.69, 9.17) is 9.16 Å². The first-order chi connectivity index (χ1) is 13.8. The van der Waals surface area contributed by atoms with Crippen LogP contribution in [0, 0.1) is 5.92 Å². The summed E-state index contributed by atoms with van der Waals surface area (Å²) in [5, 5.41) is 0.146. The van der Waals surface area contributed by atoms with Crippen LogP contribution in [0.5, 0.6) is 0 Å². The summed E-state index contributed by atoms with van der Waals surface area (Å²) in [6.07, 6.45) is 5.08. The molecule has 0 aromatic heterocycles. The molecule has 0 radical (unpaired) electrons. The van der Waals surface area contributed by atoms with Gasteiger partial charge in [0, 0.05) is 12.1 Å². The molecule has 2 atom stereocenters. The van der Waals surface area contributed by atoms with Crippen LogP contribution in [0.1, 0.15) is 47.1 Å². The van der Waals surface area contributed by atoms with Crippen LogP contribution in [0.15, 0.2) is 53.9 Å². The van der Waals surface area contributed by atoms with E-state index in [1.807, 2.05) is 19.9 Å². The van der Waals surface area contributed by atoms with Gasteiger partial charge in [0.15, 0.2) is 8.32 Å². The lowest BCUT2D eigenvalue weighted by Crippen LogP contribution is -2.48. The molecule has 0 amide bonds. The SMILES string of the molecule is C[C@@H]1C=CN([C@H](CO[Si](C)(C)C(C)(C)C)Cc2ccccc2)C2=C1C(=O)OC2(C)C. The molecule has 0 spiro atoms. The van der Waals surface area contributed by atoms with Crippen LogP contribution in [0.2, 0.25) is 18.1 Å². The number of esters is 1. The molecule has 0 saturated heterocycles. The summed E-state index contributed by atoms with van der Waals surface area (Å²) in [7, 11) is -1.91. The Bertz CT molecular complexity index is 849. The molecular weight excluding hydrogens is 390 g/mol. The Morgan fingerprint density at radius 3 is 2.43 bits per heavy atom. The van der Waals surface area contributed by atoms with Gasteiger partial charge in [-0.1, -0.05) is 64.1 Å². The van der Waals surface area contributed by atoms with Crippen molar-refractivity contribution in [2.45, 2.75) is 77.7 Å². The largest absolute Gasteiger partial charge is 0.450 e. The number of ether oxygens (including phenoxy) is 1. The number of cyclic esters (lactones) is 1. The average molecular weight is 428 g/mol. The van der Waals surface area contributed by atoms with E-state index in [-0.39, 0.29) is 23.0 Å². The van der Waals surface area contributed by atoms with Gasteiger partial charge in [0.1, 0.15) is 5.60 Å². The van der Waals surface area contributed by atoms with Gasteiger partial charge in [-0.25, -0.2) is 4.79 Å². The zero-order chi connectivity index (χ0) is 22.3. The van der Waals surface area contributed by atoms with E-state index >= 15 is 0 Å². The van der Waals surface area contributed by atoms with Gasteiger partial charge in [0.25, 0.3) is 0 Å². The van der Waals surface area contributed by atoms with Crippen LogP contribution in [-0.4, -0.2) is 37.4 Å². The highest BCUT2D eigenvalue weighted by Gasteiger charge is 2.47. The van der Waals surface area contributed by atoms with Crippen molar-refractivity contribution >= 4 is 14.3 Å². The van der Waals surface area contributed by atoms with E-state index in [0.717, 1.165) is 17.7 Å². The molecule has 4 nitrogen and oxygen atoms in total. The Morgan fingerprint density at radius 2 is 1.83 bits per heavy atom. The van der Waals surface area contributed by atoms with Crippen molar-refractivity contribution in [2.75, 3.05) is 6.61 Å². The third-order valence-corrected chi connectivity index (χ3v) is 11.3. The zero-order valence-electron chi connectivity index (χ0n) is 19.8. The summed E-state index contributed by atoms with van der Waals surface area (Å²) in [5.41, 5.74) is 2.39. The van der Waals surface area contributed by atoms with E-state index in [2.05, 4.69) is 82.2 Å². The van der Waals surface area contributed by atoms with E-state index in [9.17, 15) is 4.79 Å². The van der Waals surface area contributed by atoms with E-state index < -0.39 is 13.9 Å². The molecule has 0 bridgehead atoms. The molecule has 30 heavy (non-hydrogen) atoms. The highest BCUT2D eigenvalue weighted by Crippen LogP contribution is 2.43. The van der Waals surface area contributed by atoms with Gasteiger partial charge in [-0.15, -0.1) is 0 Å². The third kappa shape index (κ3) is 4.42. The monoisotopic (exact) mass is 427 g/mol. The minimum atomic E-state index is -1.91. The van der Waals surface area contributed by atoms with Gasteiger partial charge in [-0.05, 0) is 44.0 Å². The lowest BCUT2D eigenvalue weighted by molar-refractivity contribution is -0.145. The van der Waals surface area contributed by atoms with Gasteiger partial charge in [0.2, 0.25) is 0 Å². The molecular formula is C25H37NO3Si. The van der Waals surface area contributed by atoms with Crippen molar-refractivity contribution in [3.8, 4) is 0 Å². The lowest BCUT2D eigenvalue weighted by atomic mass is 9.89. The maximum atomic E-state index is 12.6. The summed E-state index contributed by atoms with van der Waals surface area (Å²) in [4.78, 5) is 14.9. The van der Waals surface area contributed by atoms with Gasteiger partial charge in [0.05, 0.1) is 23.9 Å². The van der Waals surface area contributed by atoms with Gasteiger partial charge in [-0.3, -0.25) is 0 Å². The lowest BCUT2D eigenvalue weighted by Gasteiger charge is -2.42. The summed E-state index contributed by atoms with van der Waals surface area (Å²) >= 11 is 0. The number of rotatable bonds is 6. The first-order valence-corrected chi connectivity index (χ1v) is 13.9. The predicted octanol–water partition coefficient (Wildman–Crippen LogP) is 5.67. The van der Waals surface area contributed by atoms with Crippen molar-refractivity contribution in [1.29, 1.82) is 0 Å². The molecule has 5 heteroatoms. The molecule has 1 aromatic carbocycles. The normalized spacial score (nSPS) is 22.2. The number of allylic oxidation sites excluding steroid dienone is 1. The second kappa shape index (κ2) is 8.01. The fourth-order valence-electron chi connectivity index (χ4n) is 3.95. The maximum Gasteiger partial charge on any atom is 0.337 e. The third-order valence-electron chi connectivity index (χ3n) is 6.79. The molecule has 164 valence electrons. The second-order valence-corrected chi connectivity index (χ2v) is 15.4. The Balaban J connectivity index is 1.96. The first-order valence-electron chi connectivity index (χ1n) is 11.0. The number of hydrogen-bond acceptors (Lipinski definition) is 4. The first kappa shape index (κ1) is 22.8. The van der Waals surface area contributed by atoms with Crippen LogP contribution in [0.25, 0.3) is 0 Å². The molecule has 2 heterocycles.